The van der Waals surface area contributed by atoms with E-state index < -0.39 is 46.0 Å². The molecule has 0 bridgehead atoms. The first-order chi connectivity index (χ1) is 12.3. The van der Waals surface area contributed by atoms with Gasteiger partial charge in [-0.25, -0.2) is 27.2 Å². The highest BCUT2D eigenvalue weighted by atomic mass is 19.2. The molecule has 26 heavy (non-hydrogen) atoms. The molecule has 0 aliphatic carbocycles. The van der Waals surface area contributed by atoms with E-state index >= 15 is 0 Å². The quantitative estimate of drug-likeness (QED) is 0.300. The van der Waals surface area contributed by atoms with Crippen molar-refractivity contribution in [1.29, 1.82) is 0 Å². The molecule has 0 saturated carbocycles. The maximum atomic E-state index is 14.4. The van der Waals surface area contributed by atoms with Crippen LogP contribution in [-0.2, 0) is 16.5 Å². The summed E-state index contributed by atoms with van der Waals surface area (Å²) in [5.41, 5.74) is -0.742. The molecule has 136 valence electrons. The Morgan fingerprint density at radius 3 is 1.96 bits per heavy atom. The number of aromatic nitrogens is 1. The Morgan fingerprint density at radius 1 is 0.846 bits per heavy atom. The summed E-state index contributed by atoms with van der Waals surface area (Å²) in [6, 6.07) is 2.18. The molecule has 5 nitrogen and oxygen atoms in total. The molecule has 0 N–H and O–H groups in total. The number of halogens is 4. The zero-order valence-corrected chi connectivity index (χ0v) is 13.7. The van der Waals surface area contributed by atoms with E-state index in [1.807, 2.05) is 0 Å². The molecule has 9 heteroatoms. The molecule has 0 aliphatic heterocycles. The van der Waals surface area contributed by atoms with Crippen molar-refractivity contribution in [2.45, 2.75) is 0 Å². The first kappa shape index (κ1) is 17.7. The van der Waals surface area contributed by atoms with Gasteiger partial charge in [-0.1, -0.05) is 12.1 Å². The Morgan fingerprint density at radius 2 is 1.38 bits per heavy atom. The molecule has 1 aromatic heterocycles. The van der Waals surface area contributed by atoms with Crippen LogP contribution in [0, 0.1) is 23.3 Å². The average molecular weight is 369 g/mol. The predicted molar refractivity (Wildman–Crippen MR) is 82.9 cm³/mol. The fourth-order valence-electron chi connectivity index (χ4n) is 3.02. The van der Waals surface area contributed by atoms with Crippen LogP contribution in [0.1, 0.15) is 20.8 Å². The predicted octanol–water partition coefficient (Wildman–Crippen LogP) is 3.46. The zero-order chi connectivity index (χ0) is 19.3. The second-order valence-corrected chi connectivity index (χ2v) is 5.41. The molecular formula is C17H11F4NO4. The summed E-state index contributed by atoms with van der Waals surface area (Å²) < 4.78 is 66.1. The molecule has 0 unspecified atom stereocenters. The van der Waals surface area contributed by atoms with Crippen molar-refractivity contribution in [2.24, 2.45) is 7.05 Å². The Balaban J connectivity index is 2.64. The van der Waals surface area contributed by atoms with Crippen molar-refractivity contribution in [3.05, 3.63) is 46.7 Å². The molecule has 3 aromatic rings. The number of rotatable bonds is 2. The van der Waals surface area contributed by atoms with Gasteiger partial charge in [0, 0.05) is 23.2 Å². The highest BCUT2D eigenvalue weighted by Crippen LogP contribution is 2.36. The summed E-state index contributed by atoms with van der Waals surface area (Å²) in [5.74, 6) is -9.05. The first-order valence-electron chi connectivity index (χ1n) is 7.19. The number of hydrogen-bond donors (Lipinski definition) is 0. The van der Waals surface area contributed by atoms with Gasteiger partial charge in [-0.05, 0) is 0 Å². The Bertz CT molecular complexity index is 1100. The third kappa shape index (κ3) is 2.16. The molecule has 0 saturated heterocycles. The van der Waals surface area contributed by atoms with E-state index in [0.717, 1.165) is 24.9 Å². The van der Waals surface area contributed by atoms with Gasteiger partial charge in [0.1, 0.15) is 11.3 Å². The Labute approximate surface area is 143 Å². The van der Waals surface area contributed by atoms with Crippen molar-refractivity contribution in [1.82, 2.24) is 4.57 Å². The molecular weight excluding hydrogens is 358 g/mol. The van der Waals surface area contributed by atoms with Gasteiger partial charge in [-0.2, -0.15) is 0 Å². The Hall–Kier alpha value is -3.10. The van der Waals surface area contributed by atoms with Gasteiger partial charge in [0.25, 0.3) is 0 Å². The number of esters is 2. The van der Waals surface area contributed by atoms with Crippen LogP contribution in [0.2, 0.25) is 0 Å². The van der Waals surface area contributed by atoms with Crippen LogP contribution in [0.25, 0.3) is 21.7 Å². The average Bonchev–Trinajstić information content (AvgIpc) is 2.95. The van der Waals surface area contributed by atoms with Crippen molar-refractivity contribution >= 4 is 33.6 Å². The van der Waals surface area contributed by atoms with Gasteiger partial charge in [0.15, 0.2) is 23.3 Å². The number of methoxy groups -OCH3 is 2. The SMILES string of the molecule is COC(=O)c1c(C(=O)OC)n(C)c2c1ccc1c(F)c(F)c(F)c(F)c12. The maximum Gasteiger partial charge on any atom is 0.355 e. The van der Waals surface area contributed by atoms with Gasteiger partial charge >= 0.3 is 11.9 Å². The Kier molecular flexibility index (Phi) is 4.09. The number of fused-ring (bicyclic) bond motifs is 3. The van der Waals surface area contributed by atoms with E-state index in [2.05, 4.69) is 9.47 Å². The van der Waals surface area contributed by atoms with Crippen molar-refractivity contribution in [3.63, 3.8) is 0 Å². The number of nitrogens with zero attached hydrogens (tertiary/aromatic N) is 1. The first-order valence-corrected chi connectivity index (χ1v) is 7.19. The third-order valence-corrected chi connectivity index (χ3v) is 4.16. The largest absolute Gasteiger partial charge is 0.465 e. The summed E-state index contributed by atoms with van der Waals surface area (Å²) in [4.78, 5) is 24.2. The summed E-state index contributed by atoms with van der Waals surface area (Å²) in [6.07, 6.45) is 0. The maximum absolute atomic E-state index is 14.4. The standard InChI is InChI=1S/C17H11F4NO4/c1-22-14-7(9(16(23)25-2)15(22)17(24)26-3)5-4-6-8(14)11(19)13(21)12(20)10(6)18/h4-5H,1-3H3. The van der Waals surface area contributed by atoms with E-state index in [1.54, 1.807) is 0 Å². The number of benzene rings is 2. The second kappa shape index (κ2) is 6.01. The van der Waals surface area contributed by atoms with Crippen molar-refractivity contribution in [3.8, 4) is 0 Å². The minimum Gasteiger partial charge on any atom is -0.465 e. The minimum absolute atomic E-state index is 0.00319. The lowest BCUT2D eigenvalue weighted by atomic mass is 10.0. The molecule has 0 radical (unpaired) electrons. The summed E-state index contributed by atoms with van der Waals surface area (Å²) in [5, 5.41) is -1.15. The van der Waals surface area contributed by atoms with Crippen LogP contribution < -0.4 is 0 Å². The number of carbonyl (C=O) groups is 2. The molecule has 0 aliphatic rings. The number of ether oxygens (including phenoxy) is 2. The highest BCUT2D eigenvalue weighted by Gasteiger charge is 2.31. The fraction of sp³-hybridized carbons (Fsp3) is 0.176. The van der Waals surface area contributed by atoms with Gasteiger partial charge in [-0.3, -0.25) is 0 Å². The minimum atomic E-state index is -2.00. The van der Waals surface area contributed by atoms with E-state index in [4.69, 9.17) is 0 Å². The lowest BCUT2D eigenvalue weighted by Crippen LogP contribution is -2.14. The summed E-state index contributed by atoms with van der Waals surface area (Å²) >= 11 is 0. The molecule has 0 amide bonds. The van der Waals surface area contributed by atoms with E-state index in [0.29, 0.717) is 0 Å². The van der Waals surface area contributed by atoms with Gasteiger partial charge in [0.05, 0.1) is 19.7 Å². The van der Waals surface area contributed by atoms with Crippen molar-refractivity contribution in [2.75, 3.05) is 14.2 Å². The van der Waals surface area contributed by atoms with Crippen LogP contribution in [0.15, 0.2) is 12.1 Å². The molecule has 1 heterocycles. The lowest BCUT2D eigenvalue weighted by molar-refractivity contribution is 0.0549. The van der Waals surface area contributed by atoms with Crippen LogP contribution in [0.5, 0.6) is 0 Å². The highest BCUT2D eigenvalue weighted by molar-refractivity contribution is 6.19. The zero-order valence-electron chi connectivity index (χ0n) is 13.7. The van der Waals surface area contributed by atoms with Crippen LogP contribution >= 0.6 is 0 Å². The van der Waals surface area contributed by atoms with Crippen LogP contribution in [-0.4, -0.2) is 30.7 Å². The van der Waals surface area contributed by atoms with Gasteiger partial charge in [-0.15, -0.1) is 0 Å². The topological polar surface area (TPSA) is 57.5 Å². The summed E-state index contributed by atoms with van der Waals surface area (Å²) in [7, 11) is 3.41. The van der Waals surface area contributed by atoms with Crippen LogP contribution in [0.4, 0.5) is 17.6 Å². The number of hydrogen-bond acceptors (Lipinski definition) is 4. The molecule has 0 atom stereocenters. The second-order valence-electron chi connectivity index (χ2n) is 5.41. The number of carbonyl (C=O) groups excluding carboxylic acids is 2. The van der Waals surface area contributed by atoms with E-state index in [1.165, 1.54) is 13.1 Å². The van der Waals surface area contributed by atoms with E-state index in [9.17, 15) is 27.2 Å². The molecule has 2 aromatic carbocycles. The van der Waals surface area contributed by atoms with Gasteiger partial charge < -0.3 is 14.0 Å². The molecule has 0 fully saturated rings. The van der Waals surface area contributed by atoms with Gasteiger partial charge in [0.2, 0.25) is 0 Å². The smallest absolute Gasteiger partial charge is 0.355 e. The monoisotopic (exact) mass is 369 g/mol. The number of aryl methyl sites for hydroxylation is 1. The molecule has 3 rings (SSSR count). The third-order valence-electron chi connectivity index (χ3n) is 4.16. The lowest BCUT2D eigenvalue weighted by Gasteiger charge is -2.08. The van der Waals surface area contributed by atoms with E-state index in [-0.39, 0.29) is 22.2 Å². The normalized spacial score (nSPS) is 11.2. The van der Waals surface area contributed by atoms with Crippen molar-refractivity contribution < 1.29 is 36.6 Å². The van der Waals surface area contributed by atoms with Crippen LogP contribution in [0.3, 0.4) is 0 Å². The molecule has 0 spiro atoms. The summed E-state index contributed by atoms with van der Waals surface area (Å²) in [6.45, 7) is 0. The fourth-order valence-corrected chi connectivity index (χ4v) is 3.02.